The zero-order valence-electron chi connectivity index (χ0n) is 16.4. The fourth-order valence-electron chi connectivity index (χ4n) is 4.21. The minimum Gasteiger partial charge on any atom is -0.364 e. The van der Waals surface area contributed by atoms with Gasteiger partial charge in [0.15, 0.2) is 0 Å². The standard InChI is InChI=1S/C21H19FN6O2/c1-12-7-13-11-30-26-19(13)20-15-10-27(6-5-17(15)25-28(20)9-12)21(29)24-14-3-4-16(22)18(8-14)23-2/h3-4,8,11-12H,5-7,9-10H2,1H3,(H,24,29). The van der Waals surface area contributed by atoms with Gasteiger partial charge in [0.05, 0.1) is 24.5 Å². The Kier molecular flexibility index (Phi) is 4.28. The molecule has 152 valence electrons. The van der Waals surface area contributed by atoms with E-state index < -0.39 is 5.82 Å². The van der Waals surface area contributed by atoms with Gasteiger partial charge in [0, 0.05) is 36.3 Å². The number of nitrogens with zero attached hydrogens (tertiary/aromatic N) is 5. The van der Waals surface area contributed by atoms with Gasteiger partial charge in [-0.05, 0) is 30.5 Å². The van der Waals surface area contributed by atoms with E-state index in [9.17, 15) is 9.18 Å². The summed E-state index contributed by atoms with van der Waals surface area (Å²) in [4.78, 5) is 17.7. The van der Waals surface area contributed by atoms with Crippen LogP contribution in [0.1, 0.15) is 23.7 Å². The molecule has 0 fully saturated rings. The van der Waals surface area contributed by atoms with Crippen molar-refractivity contribution in [3.63, 3.8) is 0 Å². The number of anilines is 1. The Labute approximate surface area is 172 Å². The van der Waals surface area contributed by atoms with Crippen molar-refractivity contribution in [2.45, 2.75) is 32.9 Å². The highest BCUT2D eigenvalue weighted by atomic mass is 19.1. The van der Waals surface area contributed by atoms with Crippen LogP contribution in [0.5, 0.6) is 0 Å². The van der Waals surface area contributed by atoms with E-state index >= 15 is 0 Å². The van der Waals surface area contributed by atoms with Crippen molar-refractivity contribution in [2.24, 2.45) is 5.92 Å². The van der Waals surface area contributed by atoms with Crippen LogP contribution in [-0.2, 0) is 25.9 Å². The number of fused-ring (bicyclic) bond motifs is 5. The molecule has 4 heterocycles. The molecule has 1 aromatic carbocycles. The average molecular weight is 406 g/mol. The first-order valence-electron chi connectivity index (χ1n) is 9.78. The summed E-state index contributed by atoms with van der Waals surface area (Å²) < 4.78 is 20.8. The van der Waals surface area contributed by atoms with E-state index in [1.54, 1.807) is 11.2 Å². The molecule has 3 aromatic rings. The van der Waals surface area contributed by atoms with Crippen molar-refractivity contribution < 1.29 is 13.7 Å². The summed E-state index contributed by atoms with van der Waals surface area (Å²) in [6.45, 7) is 10.9. The Hall–Kier alpha value is -3.67. The molecule has 0 saturated heterocycles. The van der Waals surface area contributed by atoms with Crippen LogP contribution in [0.25, 0.3) is 16.2 Å². The lowest BCUT2D eigenvalue weighted by atomic mass is 10.00. The molecule has 2 aliphatic rings. The van der Waals surface area contributed by atoms with Gasteiger partial charge in [-0.25, -0.2) is 14.0 Å². The van der Waals surface area contributed by atoms with E-state index in [1.807, 2.05) is 4.68 Å². The van der Waals surface area contributed by atoms with Gasteiger partial charge in [-0.2, -0.15) is 5.10 Å². The van der Waals surface area contributed by atoms with Crippen LogP contribution < -0.4 is 5.32 Å². The molecule has 2 aliphatic heterocycles. The van der Waals surface area contributed by atoms with Gasteiger partial charge in [-0.15, -0.1) is 0 Å². The summed E-state index contributed by atoms with van der Waals surface area (Å²) in [5.41, 5.74) is 5.02. The monoisotopic (exact) mass is 406 g/mol. The lowest BCUT2D eigenvalue weighted by molar-refractivity contribution is 0.206. The topological polar surface area (TPSA) is 80.5 Å². The molecule has 0 spiro atoms. The molecule has 0 bridgehead atoms. The van der Waals surface area contributed by atoms with Gasteiger partial charge in [-0.1, -0.05) is 12.1 Å². The number of carbonyl (C=O) groups is 1. The van der Waals surface area contributed by atoms with Crippen LogP contribution in [-0.4, -0.2) is 32.4 Å². The Morgan fingerprint density at radius 2 is 2.30 bits per heavy atom. The predicted octanol–water partition coefficient (Wildman–Crippen LogP) is 4.01. The van der Waals surface area contributed by atoms with Gasteiger partial charge in [0.25, 0.3) is 0 Å². The van der Waals surface area contributed by atoms with Crippen molar-refractivity contribution in [1.29, 1.82) is 0 Å². The second-order valence-corrected chi connectivity index (χ2v) is 7.83. The zero-order valence-corrected chi connectivity index (χ0v) is 16.4. The molecule has 9 heteroatoms. The Bertz CT molecular complexity index is 1190. The van der Waals surface area contributed by atoms with Crippen molar-refractivity contribution in [1.82, 2.24) is 19.8 Å². The Morgan fingerprint density at radius 3 is 3.13 bits per heavy atom. The number of amides is 2. The number of nitrogens with one attached hydrogen (secondary N) is 1. The van der Waals surface area contributed by atoms with E-state index in [1.165, 1.54) is 18.2 Å². The number of rotatable bonds is 1. The summed E-state index contributed by atoms with van der Waals surface area (Å²) in [6, 6.07) is 3.67. The quantitative estimate of drug-likeness (QED) is 0.619. The van der Waals surface area contributed by atoms with Crippen LogP contribution in [0.3, 0.4) is 0 Å². The van der Waals surface area contributed by atoms with E-state index in [2.05, 4.69) is 22.2 Å². The molecule has 2 aromatic heterocycles. The van der Waals surface area contributed by atoms with Crippen LogP contribution in [0.2, 0.25) is 0 Å². The molecule has 5 rings (SSSR count). The molecule has 1 N–H and O–H groups in total. The normalized spacial score (nSPS) is 17.4. The minimum absolute atomic E-state index is 0.122. The van der Waals surface area contributed by atoms with Crippen LogP contribution >= 0.6 is 0 Å². The summed E-state index contributed by atoms with van der Waals surface area (Å²) in [5.74, 6) is -0.203. The van der Waals surface area contributed by atoms with Crippen molar-refractivity contribution >= 4 is 17.4 Å². The van der Waals surface area contributed by atoms with Gasteiger partial charge < -0.3 is 14.7 Å². The maximum absolute atomic E-state index is 13.5. The second-order valence-electron chi connectivity index (χ2n) is 7.83. The lowest BCUT2D eigenvalue weighted by Gasteiger charge is -2.27. The van der Waals surface area contributed by atoms with Crippen LogP contribution in [0, 0.1) is 18.3 Å². The summed E-state index contributed by atoms with van der Waals surface area (Å²) in [5, 5.41) is 11.8. The van der Waals surface area contributed by atoms with Crippen LogP contribution in [0.4, 0.5) is 20.6 Å². The van der Waals surface area contributed by atoms with E-state index in [0.717, 1.165) is 41.2 Å². The highest BCUT2D eigenvalue weighted by Gasteiger charge is 2.32. The third-order valence-electron chi connectivity index (χ3n) is 5.63. The number of carbonyl (C=O) groups excluding carboxylic acids is 1. The maximum atomic E-state index is 13.5. The minimum atomic E-state index is -0.606. The molecule has 2 amide bonds. The molecular formula is C21H19FN6O2. The lowest BCUT2D eigenvalue weighted by Crippen LogP contribution is -2.38. The predicted molar refractivity (Wildman–Crippen MR) is 106 cm³/mol. The average Bonchev–Trinajstić information content (AvgIpc) is 3.29. The number of hydrogen-bond acceptors (Lipinski definition) is 4. The van der Waals surface area contributed by atoms with Gasteiger partial charge in [0.1, 0.15) is 17.8 Å². The van der Waals surface area contributed by atoms with Gasteiger partial charge >= 0.3 is 6.03 Å². The molecule has 1 atom stereocenters. The van der Waals surface area contributed by atoms with E-state index in [0.29, 0.717) is 31.1 Å². The summed E-state index contributed by atoms with van der Waals surface area (Å²) >= 11 is 0. The molecule has 1 unspecified atom stereocenters. The van der Waals surface area contributed by atoms with Crippen molar-refractivity contribution in [3.05, 3.63) is 58.5 Å². The molecule has 0 saturated carbocycles. The van der Waals surface area contributed by atoms with Gasteiger partial charge in [0.2, 0.25) is 5.69 Å². The number of hydrogen-bond donors (Lipinski definition) is 1. The van der Waals surface area contributed by atoms with Crippen LogP contribution in [0.15, 0.2) is 29.0 Å². The largest absolute Gasteiger partial charge is 0.364 e. The molecule has 0 radical (unpaired) electrons. The third kappa shape index (κ3) is 3.01. The zero-order chi connectivity index (χ0) is 20.8. The summed E-state index contributed by atoms with van der Waals surface area (Å²) in [6.07, 6.45) is 3.20. The van der Waals surface area contributed by atoms with E-state index in [4.69, 9.17) is 16.2 Å². The highest BCUT2D eigenvalue weighted by Crippen LogP contribution is 2.36. The molecule has 8 nitrogen and oxygen atoms in total. The highest BCUT2D eigenvalue weighted by molar-refractivity contribution is 5.90. The first kappa shape index (κ1) is 18.4. The van der Waals surface area contributed by atoms with E-state index in [-0.39, 0.29) is 11.7 Å². The van der Waals surface area contributed by atoms with Gasteiger partial charge in [-0.3, -0.25) is 4.68 Å². The SMILES string of the molecule is [C-]#[N+]c1cc(NC(=O)N2CCc3nn4c(c3C2)-c2nocc2CC(C)C4)ccc1F. The molecule has 0 aliphatic carbocycles. The second kappa shape index (κ2) is 6.99. The summed E-state index contributed by atoms with van der Waals surface area (Å²) in [7, 11) is 0. The Balaban J connectivity index is 1.43. The first-order valence-corrected chi connectivity index (χ1v) is 9.78. The number of aromatic nitrogens is 3. The Morgan fingerprint density at radius 1 is 1.43 bits per heavy atom. The number of benzene rings is 1. The third-order valence-corrected chi connectivity index (χ3v) is 5.63. The number of halogens is 1. The van der Waals surface area contributed by atoms with Crippen molar-refractivity contribution in [2.75, 3.05) is 11.9 Å². The fourth-order valence-corrected chi connectivity index (χ4v) is 4.21. The smallest absolute Gasteiger partial charge is 0.322 e. The fraction of sp³-hybridized carbons (Fsp3) is 0.333. The molecule has 30 heavy (non-hydrogen) atoms. The molecular weight excluding hydrogens is 387 g/mol. The number of urea groups is 1. The van der Waals surface area contributed by atoms with Crippen molar-refractivity contribution in [3.8, 4) is 11.4 Å². The first-order chi connectivity index (χ1) is 14.5. The maximum Gasteiger partial charge on any atom is 0.322 e.